The second-order valence-corrected chi connectivity index (χ2v) is 8.43. The molecule has 25 heavy (non-hydrogen) atoms. The molecule has 0 unspecified atom stereocenters. The van der Waals surface area contributed by atoms with Crippen molar-refractivity contribution in [2.24, 2.45) is 5.92 Å². The molecule has 0 radical (unpaired) electrons. The fraction of sp³-hybridized carbons (Fsp3) is 0.421. The number of rotatable bonds is 6. The van der Waals surface area contributed by atoms with Crippen molar-refractivity contribution in [3.8, 4) is 5.75 Å². The van der Waals surface area contributed by atoms with Crippen molar-refractivity contribution in [3.05, 3.63) is 54.4 Å². The molecule has 1 aromatic carbocycles. The summed E-state index contributed by atoms with van der Waals surface area (Å²) in [7, 11) is -3.34. The number of benzene rings is 1. The molecule has 0 atom stereocenters. The summed E-state index contributed by atoms with van der Waals surface area (Å²) in [4.78, 5) is 4.03. The maximum atomic E-state index is 11.4. The van der Waals surface area contributed by atoms with E-state index < -0.39 is 10.0 Å². The van der Waals surface area contributed by atoms with Gasteiger partial charge in [0.15, 0.2) is 5.75 Å². The third-order valence-corrected chi connectivity index (χ3v) is 5.26. The van der Waals surface area contributed by atoms with E-state index in [9.17, 15) is 8.42 Å². The van der Waals surface area contributed by atoms with Gasteiger partial charge in [0.1, 0.15) is 0 Å². The Labute approximate surface area is 149 Å². The van der Waals surface area contributed by atoms with Crippen LogP contribution < -0.4 is 9.46 Å². The van der Waals surface area contributed by atoms with Crippen LogP contribution in [0, 0.1) is 5.92 Å². The van der Waals surface area contributed by atoms with Crippen LogP contribution >= 0.6 is 0 Å². The van der Waals surface area contributed by atoms with Crippen LogP contribution in [0.5, 0.6) is 5.75 Å². The quantitative estimate of drug-likeness (QED) is 0.851. The third-order valence-electron chi connectivity index (χ3n) is 4.67. The molecule has 0 spiro atoms. The molecule has 0 saturated heterocycles. The fourth-order valence-corrected chi connectivity index (χ4v) is 3.94. The van der Waals surface area contributed by atoms with E-state index >= 15 is 0 Å². The molecular weight excluding hydrogens is 336 g/mol. The number of hydrogen-bond acceptors (Lipinski definition) is 4. The summed E-state index contributed by atoms with van der Waals surface area (Å²) in [6, 6.07) is 12.3. The maximum absolute atomic E-state index is 11.4. The zero-order chi connectivity index (χ0) is 17.7. The summed E-state index contributed by atoms with van der Waals surface area (Å²) in [5.74, 6) is 1.61. The van der Waals surface area contributed by atoms with Crippen LogP contribution in [0.2, 0.25) is 0 Å². The van der Waals surface area contributed by atoms with Gasteiger partial charge in [0, 0.05) is 6.20 Å². The van der Waals surface area contributed by atoms with E-state index in [1.807, 2.05) is 0 Å². The van der Waals surface area contributed by atoms with E-state index in [0.717, 1.165) is 19.1 Å². The second kappa shape index (κ2) is 7.87. The lowest BCUT2D eigenvalue weighted by Gasteiger charge is -2.28. The van der Waals surface area contributed by atoms with Gasteiger partial charge in [-0.1, -0.05) is 30.3 Å². The second-order valence-electron chi connectivity index (χ2n) is 6.69. The van der Waals surface area contributed by atoms with Gasteiger partial charge in [-0.05, 0) is 49.1 Å². The summed E-state index contributed by atoms with van der Waals surface area (Å²) in [5.41, 5.74) is 1.87. The first-order valence-corrected chi connectivity index (χ1v) is 10.5. The Morgan fingerprint density at radius 1 is 1.12 bits per heavy atom. The molecule has 1 N–H and O–H groups in total. The normalized spacial score (nSPS) is 20.8. The van der Waals surface area contributed by atoms with E-state index in [1.165, 1.54) is 18.4 Å². The lowest BCUT2D eigenvalue weighted by molar-refractivity contribution is 0.200. The van der Waals surface area contributed by atoms with E-state index in [2.05, 4.69) is 40.0 Å². The van der Waals surface area contributed by atoms with Gasteiger partial charge in [-0.15, -0.1) is 0 Å². The van der Waals surface area contributed by atoms with E-state index in [0.29, 0.717) is 29.9 Å². The van der Waals surface area contributed by atoms with E-state index in [4.69, 9.17) is 4.74 Å². The molecule has 1 heterocycles. The average Bonchev–Trinajstić information content (AvgIpc) is 2.61. The molecule has 1 fully saturated rings. The highest BCUT2D eigenvalue weighted by atomic mass is 32.2. The third kappa shape index (κ3) is 5.19. The van der Waals surface area contributed by atoms with Crippen molar-refractivity contribution < 1.29 is 13.2 Å². The van der Waals surface area contributed by atoms with Crippen LogP contribution in [0.4, 0.5) is 5.69 Å². The van der Waals surface area contributed by atoms with Gasteiger partial charge in [0.05, 0.1) is 24.7 Å². The Balaban J connectivity index is 1.54. The van der Waals surface area contributed by atoms with Gasteiger partial charge >= 0.3 is 0 Å². The molecule has 134 valence electrons. The lowest BCUT2D eigenvalue weighted by atomic mass is 9.79. The summed E-state index contributed by atoms with van der Waals surface area (Å²) >= 11 is 0. The van der Waals surface area contributed by atoms with Gasteiger partial charge in [-0.2, -0.15) is 0 Å². The number of aromatic nitrogens is 1. The van der Waals surface area contributed by atoms with Gasteiger partial charge in [0.25, 0.3) is 0 Å². The predicted octanol–water partition coefficient (Wildman–Crippen LogP) is 3.81. The van der Waals surface area contributed by atoms with E-state index in [1.54, 1.807) is 18.5 Å². The zero-order valence-electron chi connectivity index (χ0n) is 14.4. The molecule has 1 aliphatic rings. The predicted molar refractivity (Wildman–Crippen MR) is 99.3 cm³/mol. The van der Waals surface area contributed by atoms with Crippen LogP contribution in [0.15, 0.2) is 48.8 Å². The Hall–Kier alpha value is -2.08. The largest absolute Gasteiger partial charge is 0.489 e. The molecule has 6 heteroatoms. The van der Waals surface area contributed by atoms with Crippen molar-refractivity contribution >= 4 is 15.7 Å². The number of hydrogen-bond donors (Lipinski definition) is 1. The Bertz CT molecular complexity index is 785. The highest BCUT2D eigenvalue weighted by Gasteiger charge is 2.23. The van der Waals surface area contributed by atoms with Crippen molar-refractivity contribution in [2.75, 3.05) is 17.6 Å². The first-order chi connectivity index (χ1) is 12.0. The van der Waals surface area contributed by atoms with E-state index in [-0.39, 0.29) is 0 Å². The number of sulfonamides is 1. The summed E-state index contributed by atoms with van der Waals surface area (Å²) in [5, 5.41) is 0. The number of nitrogens with one attached hydrogen (secondary N) is 1. The maximum Gasteiger partial charge on any atom is 0.229 e. The van der Waals surface area contributed by atoms with Crippen molar-refractivity contribution in [1.29, 1.82) is 0 Å². The topological polar surface area (TPSA) is 68.3 Å². The fourth-order valence-electron chi connectivity index (χ4n) is 3.37. The standard InChI is InChI=1S/C19H24N2O3S/c1-25(22,23)21-18-11-12-20-13-19(18)24-14-15-7-9-17(10-8-15)16-5-3-2-4-6-16/h2-6,11-13,15,17H,7-10,14H2,1H3,(H,20,21)/t15-,17+. The molecule has 0 bridgehead atoms. The molecule has 5 nitrogen and oxygen atoms in total. The molecule has 1 aromatic heterocycles. The molecule has 1 saturated carbocycles. The molecular formula is C19H24N2O3S. The minimum Gasteiger partial charge on any atom is -0.489 e. The Morgan fingerprint density at radius 3 is 2.52 bits per heavy atom. The van der Waals surface area contributed by atoms with Crippen LogP contribution in [0.1, 0.15) is 37.2 Å². The Morgan fingerprint density at radius 2 is 1.84 bits per heavy atom. The zero-order valence-corrected chi connectivity index (χ0v) is 15.2. The highest BCUT2D eigenvalue weighted by Crippen LogP contribution is 2.36. The van der Waals surface area contributed by atoms with Crippen LogP contribution in [-0.4, -0.2) is 26.3 Å². The molecule has 0 amide bonds. The molecule has 0 aliphatic heterocycles. The number of pyridine rings is 1. The van der Waals surface area contributed by atoms with Gasteiger partial charge in [-0.25, -0.2) is 8.42 Å². The average molecular weight is 360 g/mol. The first-order valence-electron chi connectivity index (χ1n) is 8.61. The summed E-state index contributed by atoms with van der Waals surface area (Å²) in [6.07, 6.45) is 8.80. The van der Waals surface area contributed by atoms with Gasteiger partial charge in [0.2, 0.25) is 10.0 Å². The van der Waals surface area contributed by atoms with Crippen molar-refractivity contribution in [2.45, 2.75) is 31.6 Å². The van der Waals surface area contributed by atoms with Crippen molar-refractivity contribution in [1.82, 2.24) is 4.98 Å². The minimum atomic E-state index is -3.34. The monoisotopic (exact) mass is 360 g/mol. The first kappa shape index (κ1) is 17.7. The SMILES string of the molecule is CS(=O)(=O)Nc1ccncc1OC[C@H]1CC[C@@H](c2ccccc2)CC1. The highest BCUT2D eigenvalue weighted by molar-refractivity contribution is 7.92. The molecule has 2 aromatic rings. The number of nitrogens with zero attached hydrogens (tertiary/aromatic N) is 1. The minimum absolute atomic E-state index is 0.440. The van der Waals surface area contributed by atoms with Crippen LogP contribution in [0.3, 0.4) is 0 Å². The van der Waals surface area contributed by atoms with Gasteiger partial charge in [-0.3, -0.25) is 9.71 Å². The summed E-state index contributed by atoms with van der Waals surface area (Å²) < 4.78 is 31.2. The number of anilines is 1. The van der Waals surface area contributed by atoms with Crippen LogP contribution in [0.25, 0.3) is 0 Å². The lowest BCUT2D eigenvalue weighted by Crippen LogP contribution is -2.20. The smallest absolute Gasteiger partial charge is 0.229 e. The number of ether oxygens (including phenoxy) is 1. The van der Waals surface area contributed by atoms with Crippen molar-refractivity contribution in [3.63, 3.8) is 0 Å². The Kier molecular flexibility index (Phi) is 5.58. The van der Waals surface area contributed by atoms with Crippen LogP contribution in [-0.2, 0) is 10.0 Å². The molecule has 3 rings (SSSR count). The summed E-state index contributed by atoms with van der Waals surface area (Å²) in [6.45, 7) is 0.589. The molecule has 1 aliphatic carbocycles. The van der Waals surface area contributed by atoms with Gasteiger partial charge < -0.3 is 4.74 Å².